The highest BCUT2D eigenvalue weighted by molar-refractivity contribution is 7.85. The molecule has 0 radical (unpaired) electrons. The van der Waals surface area contributed by atoms with Crippen molar-refractivity contribution in [3.8, 4) is 0 Å². The largest absolute Gasteiger partial charge is 0.394 e. The van der Waals surface area contributed by atoms with Crippen molar-refractivity contribution in [3.05, 3.63) is 17.3 Å². The Bertz CT molecular complexity index is 837. The van der Waals surface area contributed by atoms with Crippen molar-refractivity contribution in [2.75, 3.05) is 53.7 Å². The first kappa shape index (κ1) is 19.5. The van der Waals surface area contributed by atoms with Crippen molar-refractivity contribution in [1.82, 2.24) is 15.0 Å². The van der Waals surface area contributed by atoms with Gasteiger partial charge < -0.3 is 20.2 Å². The molecule has 0 aliphatic carbocycles. The molecule has 1 saturated heterocycles. The molecule has 4 heterocycles. The predicted molar refractivity (Wildman–Crippen MR) is 113 cm³/mol. The first-order valence-corrected chi connectivity index (χ1v) is 11.8. The van der Waals surface area contributed by atoms with E-state index < -0.39 is 10.8 Å². The minimum atomic E-state index is -1.08. The van der Waals surface area contributed by atoms with Gasteiger partial charge in [-0.05, 0) is 5.92 Å². The fourth-order valence-corrected chi connectivity index (χ4v) is 5.50. The number of aryl methyl sites for hydroxylation is 1. The Kier molecular flexibility index (Phi) is 5.79. The summed E-state index contributed by atoms with van der Waals surface area (Å²) in [4.78, 5) is 19.1. The van der Waals surface area contributed by atoms with Crippen molar-refractivity contribution in [2.24, 2.45) is 5.92 Å². The van der Waals surface area contributed by atoms with E-state index in [1.165, 1.54) is 0 Å². The van der Waals surface area contributed by atoms with Crippen LogP contribution in [0.15, 0.2) is 16.5 Å². The molecule has 0 aromatic carbocycles. The van der Waals surface area contributed by atoms with Crippen molar-refractivity contribution < 1.29 is 9.32 Å². The van der Waals surface area contributed by atoms with Gasteiger partial charge in [0, 0.05) is 49.9 Å². The van der Waals surface area contributed by atoms with Crippen LogP contribution in [0.2, 0.25) is 0 Å². The summed E-state index contributed by atoms with van der Waals surface area (Å²) in [6, 6.07) is -0.133. The molecule has 1 fully saturated rings. The van der Waals surface area contributed by atoms with Gasteiger partial charge in [-0.15, -0.1) is 11.3 Å². The molecule has 10 heteroatoms. The smallest absolute Gasteiger partial charge is 0.227 e. The maximum absolute atomic E-state index is 12.5. The first-order chi connectivity index (χ1) is 13.6. The normalized spacial score (nSPS) is 20.5. The van der Waals surface area contributed by atoms with E-state index in [1.54, 1.807) is 11.3 Å². The molecule has 8 nitrogen and oxygen atoms in total. The Morgan fingerprint density at radius 2 is 2.00 bits per heavy atom. The lowest BCUT2D eigenvalue weighted by Gasteiger charge is -2.35. The number of thiazole rings is 1. The molecule has 2 aliphatic heterocycles. The van der Waals surface area contributed by atoms with Gasteiger partial charge in [-0.1, -0.05) is 13.8 Å². The second-order valence-electron chi connectivity index (χ2n) is 7.41. The monoisotopic (exact) mass is 422 g/mol. The molecule has 2 unspecified atom stereocenters. The summed E-state index contributed by atoms with van der Waals surface area (Å²) in [5.41, 5.74) is 0.869. The molecule has 4 rings (SSSR count). The molecule has 2 atom stereocenters. The zero-order valence-corrected chi connectivity index (χ0v) is 17.8. The van der Waals surface area contributed by atoms with Crippen LogP contribution in [0.4, 0.5) is 16.9 Å². The lowest BCUT2D eigenvalue weighted by molar-refractivity contribution is 0.249. The second-order valence-corrected chi connectivity index (χ2v) is 9.79. The highest BCUT2D eigenvalue weighted by atomic mass is 32.2. The minimum Gasteiger partial charge on any atom is -0.394 e. The van der Waals surface area contributed by atoms with Gasteiger partial charge in [-0.3, -0.25) is 4.21 Å². The van der Waals surface area contributed by atoms with E-state index in [0.29, 0.717) is 28.8 Å². The van der Waals surface area contributed by atoms with Crippen LogP contribution >= 0.6 is 11.3 Å². The summed E-state index contributed by atoms with van der Waals surface area (Å²) >= 11 is 1.65. The average molecular weight is 423 g/mol. The number of aliphatic hydroxyl groups is 1. The van der Waals surface area contributed by atoms with Gasteiger partial charge in [-0.2, -0.15) is 4.98 Å². The zero-order chi connectivity index (χ0) is 19.7. The molecule has 2 aliphatic rings. The second kappa shape index (κ2) is 8.30. The maximum Gasteiger partial charge on any atom is 0.227 e. The van der Waals surface area contributed by atoms with E-state index in [0.717, 1.165) is 37.0 Å². The summed E-state index contributed by atoms with van der Waals surface area (Å²) < 4.78 is 12.5. The van der Waals surface area contributed by atoms with Gasteiger partial charge in [0.05, 0.1) is 29.1 Å². The molecule has 2 N–H and O–H groups in total. The molecule has 28 heavy (non-hydrogen) atoms. The van der Waals surface area contributed by atoms with Gasteiger partial charge in [-0.25, -0.2) is 9.97 Å². The molecule has 0 bridgehead atoms. The van der Waals surface area contributed by atoms with Gasteiger partial charge in [0.2, 0.25) is 5.95 Å². The number of fused-ring (bicyclic) bond motifs is 1. The first-order valence-electron chi connectivity index (χ1n) is 9.63. The van der Waals surface area contributed by atoms with E-state index in [4.69, 9.17) is 9.97 Å². The van der Waals surface area contributed by atoms with E-state index >= 15 is 0 Å². The van der Waals surface area contributed by atoms with Crippen LogP contribution in [0, 0.1) is 5.92 Å². The van der Waals surface area contributed by atoms with Crippen molar-refractivity contribution in [1.29, 1.82) is 0 Å². The lowest BCUT2D eigenvalue weighted by atomic mass is 10.1. The number of rotatable bonds is 6. The standard InChI is InChI=1S/C18H26N6O2S2/c1-12(2)14(11-25)20-16-15-13(3-10-28(15)26)21-17(22-16)23-5-7-24(8-6-23)18-19-4-9-27-18/h4,9,12,14,25H,3,5-8,10-11H2,1-2H3,(H,20,21,22). The summed E-state index contributed by atoms with van der Waals surface area (Å²) in [5, 5.41) is 16.1. The van der Waals surface area contributed by atoms with Crippen LogP contribution in [0.25, 0.3) is 0 Å². The number of aliphatic hydroxyl groups excluding tert-OH is 1. The highest BCUT2D eigenvalue weighted by Crippen LogP contribution is 2.31. The van der Waals surface area contributed by atoms with Crippen molar-refractivity contribution in [2.45, 2.75) is 31.2 Å². The van der Waals surface area contributed by atoms with Crippen LogP contribution in [0.1, 0.15) is 19.5 Å². The van der Waals surface area contributed by atoms with E-state index in [-0.39, 0.29) is 18.6 Å². The SMILES string of the molecule is CC(C)C(CO)Nc1nc(N2CCN(c3nccs3)CC2)nc2c1S(=O)CC2. The van der Waals surface area contributed by atoms with Gasteiger partial charge >= 0.3 is 0 Å². The fourth-order valence-electron chi connectivity index (χ4n) is 3.49. The van der Waals surface area contributed by atoms with E-state index in [2.05, 4.69) is 20.1 Å². The van der Waals surface area contributed by atoms with Crippen LogP contribution < -0.4 is 15.1 Å². The van der Waals surface area contributed by atoms with Crippen LogP contribution in [-0.4, -0.2) is 68.8 Å². The number of aromatic nitrogens is 3. The van der Waals surface area contributed by atoms with E-state index in [9.17, 15) is 9.32 Å². The third-order valence-corrected chi connectivity index (χ3v) is 7.54. The average Bonchev–Trinajstić information content (AvgIpc) is 3.36. The Morgan fingerprint density at radius 3 is 2.64 bits per heavy atom. The van der Waals surface area contributed by atoms with Gasteiger partial charge in [0.1, 0.15) is 10.7 Å². The van der Waals surface area contributed by atoms with Gasteiger partial charge in [0.25, 0.3) is 0 Å². The van der Waals surface area contributed by atoms with Crippen LogP contribution in [0.5, 0.6) is 0 Å². The third kappa shape index (κ3) is 3.85. The van der Waals surface area contributed by atoms with Crippen molar-refractivity contribution in [3.63, 3.8) is 0 Å². The van der Waals surface area contributed by atoms with Crippen LogP contribution in [0.3, 0.4) is 0 Å². The Balaban J connectivity index is 1.56. The summed E-state index contributed by atoms with van der Waals surface area (Å²) in [5.74, 6) is 2.12. The summed E-state index contributed by atoms with van der Waals surface area (Å²) in [6.45, 7) is 7.46. The number of piperazine rings is 1. The minimum absolute atomic E-state index is 0.00486. The molecular weight excluding hydrogens is 396 g/mol. The summed E-state index contributed by atoms with van der Waals surface area (Å²) in [7, 11) is -1.08. The molecule has 2 aromatic heterocycles. The lowest BCUT2D eigenvalue weighted by Crippen LogP contribution is -2.47. The topological polar surface area (TPSA) is 94.5 Å². The Hall–Kier alpha value is -1.78. The number of nitrogens with one attached hydrogen (secondary N) is 1. The predicted octanol–water partition coefficient (Wildman–Crippen LogP) is 1.35. The number of hydrogen-bond acceptors (Lipinski definition) is 9. The summed E-state index contributed by atoms with van der Waals surface area (Å²) in [6.07, 6.45) is 2.54. The Morgan fingerprint density at radius 1 is 1.25 bits per heavy atom. The number of anilines is 3. The molecule has 0 spiro atoms. The number of hydrogen-bond donors (Lipinski definition) is 2. The fraction of sp³-hybridized carbons (Fsp3) is 0.611. The van der Waals surface area contributed by atoms with Crippen molar-refractivity contribution >= 4 is 39.0 Å². The third-order valence-electron chi connectivity index (χ3n) is 5.25. The molecule has 152 valence electrons. The van der Waals surface area contributed by atoms with E-state index in [1.807, 2.05) is 25.4 Å². The Labute approximate surface area is 171 Å². The molecule has 2 aromatic rings. The molecule has 0 amide bonds. The molecule has 0 saturated carbocycles. The van der Waals surface area contributed by atoms with Crippen LogP contribution in [-0.2, 0) is 17.2 Å². The van der Waals surface area contributed by atoms with Gasteiger partial charge in [0.15, 0.2) is 5.13 Å². The molecular formula is C18H26N6O2S2. The zero-order valence-electron chi connectivity index (χ0n) is 16.2. The maximum atomic E-state index is 12.5. The quantitative estimate of drug-likeness (QED) is 0.721. The highest BCUT2D eigenvalue weighted by Gasteiger charge is 2.29. The number of nitrogens with zero attached hydrogens (tertiary/aromatic N) is 5.